The van der Waals surface area contributed by atoms with E-state index in [0.29, 0.717) is 6.04 Å². The van der Waals surface area contributed by atoms with Crippen LogP contribution in [0.15, 0.2) is 22.7 Å². The van der Waals surface area contributed by atoms with Crippen LogP contribution in [0.4, 0.5) is 0 Å². The molecule has 2 aromatic heterocycles. The minimum absolute atomic E-state index is 0.514. The number of morpholine rings is 1. The van der Waals surface area contributed by atoms with Crippen LogP contribution >= 0.6 is 23.1 Å². The fraction of sp³-hybridized carbons (Fsp3) is 0.600. The second-order valence-corrected chi connectivity index (χ2v) is 7.35. The second-order valence-electron chi connectivity index (χ2n) is 5.34. The van der Waals surface area contributed by atoms with E-state index in [1.807, 2.05) is 0 Å². The molecule has 0 bridgehead atoms. The number of thiophene rings is 1. The van der Waals surface area contributed by atoms with Crippen molar-refractivity contribution in [2.75, 3.05) is 32.1 Å². The van der Waals surface area contributed by atoms with Gasteiger partial charge in [0.1, 0.15) is 0 Å². The molecule has 1 aliphatic heterocycles. The first-order valence-electron chi connectivity index (χ1n) is 7.71. The number of nitrogens with zero attached hydrogens (tertiary/aromatic N) is 4. The van der Waals surface area contributed by atoms with Gasteiger partial charge in [0, 0.05) is 31.4 Å². The Hall–Kier alpha value is -0.890. The van der Waals surface area contributed by atoms with E-state index in [0.717, 1.165) is 49.6 Å². The second kappa shape index (κ2) is 7.59. The fourth-order valence-corrected chi connectivity index (χ4v) is 4.31. The van der Waals surface area contributed by atoms with E-state index >= 15 is 0 Å². The largest absolute Gasteiger partial charge is 0.379 e. The van der Waals surface area contributed by atoms with E-state index in [1.165, 1.54) is 4.88 Å². The molecule has 1 fully saturated rings. The number of ether oxygens (including phenoxy) is 1. The Morgan fingerprint density at radius 2 is 2.36 bits per heavy atom. The van der Waals surface area contributed by atoms with Crippen molar-refractivity contribution >= 4 is 23.1 Å². The molecule has 1 atom stereocenters. The molecule has 1 aliphatic rings. The van der Waals surface area contributed by atoms with Crippen LogP contribution in [0.2, 0.25) is 0 Å². The highest BCUT2D eigenvalue weighted by molar-refractivity contribution is 7.99. The van der Waals surface area contributed by atoms with Crippen LogP contribution < -0.4 is 0 Å². The van der Waals surface area contributed by atoms with Gasteiger partial charge in [-0.15, -0.1) is 21.5 Å². The molecule has 0 amide bonds. The van der Waals surface area contributed by atoms with Crippen LogP contribution in [-0.4, -0.2) is 57.8 Å². The molecule has 0 aliphatic carbocycles. The number of hydrogen-bond acceptors (Lipinski definition) is 6. The van der Waals surface area contributed by atoms with E-state index in [2.05, 4.69) is 51.0 Å². The molecule has 7 heteroatoms. The zero-order chi connectivity index (χ0) is 15.4. The Morgan fingerprint density at radius 3 is 3.09 bits per heavy atom. The maximum Gasteiger partial charge on any atom is 0.191 e. The summed E-state index contributed by atoms with van der Waals surface area (Å²) >= 11 is 3.51. The number of thioether (sulfide) groups is 1. The summed E-state index contributed by atoms with van der Waals surface area (Å²) in [6.45, 7) is 9.07. The quantitative estimate of drug-likeness (QED) is 0.758. The summed E-state index contributed by atoms with van der Waals surface area (Å²) in [6.07, 6.45) is 0. The molecule has 0 unspecified atom stereocenters. The molecule has 0 aromatic carbocycles. The molecule has 0 radical (unpaired) electrons. The molecule has 1 saturated heterocycles. The minimum atomic E-state index is 0.514. The van der Waals surface area contributed by atoms with E-state index in [9.17, 15) is 0 Å². The summed E-state index contributed by atoms with van der Waals surface area (Å²) < 4.78 is 7.69. The lowest BCUT2D eigenvalue weighted by Gasteiger charge is -2.32. The third kappa shape index (κ3) is 3.53. The van der Waals surface area contributed by atoms with Crippen molar-refractivity contribution < 1.29 is 4.74 Å². The molecule has 22 heavy (non-hydrogen) atoms. The third-order valence-electron chi connectivity index (χ3n) is 3.89. The Labute approximate surface area is 139 Å². The van der Waals surface area contributed by atoms with Gasteiger partial charge in [-0.25, -0.2) is 0 Å². The molecule has 120 valence electrons. The smallest absolute Gasteiger partial charge is 0.191 e. The summed E-state index contributed by atoms with van der Waals surface area (Å²) in [4.78, 5) is 3.67. The van der Waals surface area contributed by atoms with Gasteiger partial charge in [-0.1, -0.05) is 17.8 Å². The standard InChI is InChI=1S/C15H22N4OS2/c1-3-19-14(13-5-4-9-21-13)16-17-15(19)22-10-7-18-6-8-20-11-12(18)2/h4-5,9,12H,3,6-8,10-11H2,1-2H3/t12-/m0/s1. The van der Waals surface area contributed by atoms with Crippen molar-refractivity contribution in [3.05, 3.63) is 17.5 Å². The van der Waals surface area contributed by atoms with Gasteiger partial charge >= 0.3 is 0 Å². The van der Waals surface area contributed by atoms with Crippen LogP contribution in [-0.2, 0) is 11.3 Å². The van der Waals surface area contributed by atoms with Gasteiger partial charge in [-0.3, -0.25) is 4.90 Å². The SMILES string of the molecule is CCn1c(SCCN2CCOC[C@@H]2C)nnc1-c1cccs1. The van der Waals surface area contributed by atoms with E-state index in [-0.39, 0.29) is 0 Å². The summed E-state index contributed by atoms with van der Waals surface area (Å²) in [7, 11) is 0. The zero-order valence-corrected chi connectivity index (χ0v) is 14.7. The molecule has 5 nitrogen and oxygen atoms in total. The van der Waals surface area contributed by atoms with Crippen LogP contribution in [0, 0.1) is 0 Å². The lowest BCUT2D eigenvalue weighted by molar-refractivity contribution is 0.00298. The molecule has 2 aromatic rings. The van der Waals surface area contributed by atoms with Crippen LogP contribution in [0.3, 0.4) is 0 Å². The molecular weight excluding hydrogens is 316 g/mol. The Balaban J connectivity index is 1.61. The molecule has 3 rings (SSSR count). The maximum absolute atomic E-state index is 5.48. The van der Waals surface area contributed by atoms with Gasteiger partial charge in [-0.05, 0) is 25.3 Å². The van der Waals surface area contributed by atoms with Crippen molar-refractivity contribution in [2.24, 2.45) is 0 Å². The predicted molar refractivity (Wildman–Crippen MR) is 91.6 cm³/mol. The third-order valence-corrected chi connectivity index (χ3v) is 5.70. The maximum atomic E-state index is 5.48. The van der Waals surface area contributed by atoms with E-state index in [4.69, 9.17) is 4.74 Å². The average Bonchev–Trinajstić information content (AvgIpc) is 3.17. The Kier molecular flexibility index (Phi) is 5.51. The van der Waals surface area contributed by atoms with Crippen LogP contribution in [0.5, 0.6) is 0 Å². The molecule has 0 saturated carbocycles. The van der Waals surface area contributed by atoms with E-state index in [1.54, 1.807) is 23.1 Å². The summed E-state index contributed by atoms with van der Waals surface area (Å²) in [5, 5.41) is 11.9. The van der Waals surface area contributed by atoms with Crippen molar-refractivity contribution in [1.82, 2.24) is 19.7 Å². The normalized spacial score (nSPS) is 19.6. The zero-order valence-electron chi connectivity index (χ0n) is 13.1. The molecule has 0 N–H and O–H groups in total. The molecule has 0 spiro atoms. The highest BCUT2D eigenvalue weighted by atomic mass is 32.2. The Morgan fingerprint density at radius 1 is 1.45 bits per heavy atom. The fourth-order valence-electron chi connectivity index (χ4n) is 2.62. The summed E-state index contributed by atoms with van der Waals surface area (Å²) in [6, 6.07) is 4.67. The topological polar surface area (TPSA) is 43.2 Å². The van der Waals surface area contributed by atoms with E-state index < -0.39 is 0 Å². The van der Waals surface area contributed by atoms with Gasteiger partial charge in [0.15, 0.2) is 11.0 Å². The lowest BCUT2D eigenvalue weighted by Crippen LogP contribution is -2.44. The highest BCUT2D eigenvalue weighted by Crippen LogP contribution is 2.27. The highest BCUT2D eigenvalue weighted by Gasteiger charge is 2.19. The average molecular weight is 339 g/mol. The first-order chi connectivity index (χ1) is 10.8. The van der Waals surface area contributed by atoms with Gasteiger partial charge < -0.3 is 9.30 Å². The van der Waals surface area contributed by atoms with Crippen LogP contribution in [0.25, 0.3) is 10.7 Å². The lowest BCUT2D eigenvalue weighted by atomic mass is 10.2. The van der Waals surface area contributed by atoms with Crippen molar-refractivity contribution in [2.45, 2.75) is 31.6 Å². The monoisotopic (exact) mass is 338 g/mol. The molecule has 3 heterocycles. The van der Waals surface area contributed by atoms with Gasteiger partial charge in [0.05, 0.1) is 18.1 Å². The minimum Gasteiger partial charge on any atom is -0.379 e. The van der Waals surface area contributed by atoms with Crippen molar-refractivity contribution in [3.8, 4) is 10.7 Å². The van der Waals surface area contributed by atoms with Gasteiger partial charge in [0.2, 0.25) is 0 Å². The van der Waals surface area contributed by atoms with Crippen LogP contribution in [0.1, 0.15) is 13.8 Å². The predicted octanol–water partition coefficient (Wildman–Crippen LogP) is 2.84. The van der Waals surface area contributed by atoms with Gasteiger partial charge in [-0.2, -0.15) is 0 Å². The first kappa shape index (κ1) is 16.0. The Bertz CT molecular complexity index is 584. The number of hydrogen-bond donors (Lipinski definition) is 0. The first-order valence-corrected chi connectivity index (χ1v) is 9.57. The van der Waals surface area contributed by atoms with Crippen molar-refractivity contribution in [1.29, 1.82) is 0 Å². The number of rotatable bonds is 6. The summed E-state index contributed by atoms with van der Waals surface area (Å²) in [5.41, 5.74) is 0. The molecular formula is C15H22N4OS2. The van der Waals surface area contributed by atoms with Gasteiger partial charge in [0.25, 0.3) is 0 Å². The van der Waals surface area contributed by atoms with Crippen molar-refractivity contribution in [3.63, 3.8) is 0 Å². The number of aromatic nitrogens is 3. The summed E-state index contributed by atoms with van der Waals surface area (Å²) in [5.74, 6) is 2.02.